The van der Waals surface area contributed by atoms with Crippen LogP contribution in [0.1, 0.15) is 0 Å². The molecule has 2 N–H and O–H groups in total. The molecule has 1 aliphatic rings. The molecule has 0 amide bonds. The molecule has 2 heterocycles. The summed E-state index contributed by atoms with van der Waals surface area (Å²) in [6.07, 6.45) is 0. The normalized spacial score (nSPS) is 14.0. The molecular weight excluding hydrogens is 176 g/mol. The van der Waals surface area contributed by atoms with Crippen molar-refractivity contribution < 1.29 is 0 Å². The number of anilines is 1. The summed E-state index contributed by atoms with van der Waals surface area (Å²) in [5.74, 6) is 0.814. The largest absolute Gasteiger partial charge is 0.354 e. The second-order valence-electron chi connectivity index (χ2n) is 3.38. The number of nitrogens with one attached hydrogen (secondary N) is 2. The van der Waals surface area contributed by atoms with Gasteiger partial charge < -0.3 is 9.88 Å². The molecule has 0 saturated heterocycles. The van der Waals surface area contributed by atoms with E-state index in [1.807, 2.05) is 24.3 Å². The molecule has 1 aliphatic heterocycles. The van der Waals surface area contributed by atoms with E-state index >= 15 is 0 Å². The lowest BCUT2D eigenvalue weighted by Crippen LogP contribution is -2.12. The van der Waals surface area contributed by atoms with E-state index in [1.54, 1.807) is 0 Å². The first kappa shape index (κ1) is 7.55. The number of hydrogen-bond acceptors (Lipinski definition) is 3. The van der Waals surface area contributed by atoms with Crippen LogP contribution in [-0.4, -0.2) is 16.1 Å². The molecule has 3 rings (SSSR count). The van der Waals surface area contributed by atoms with Crippen molar-refractivity contribution in [2.24, 2.45) is 0 Å². The summed E-state index contributed by atoms with van der Waals surface area (Å²) in [5.41, 5.74) is 1.44. The maximum atomic E-state index is 7.77. The molecule has 1 aromatic carbocycles. The van der Waals surface area contributed by atoms with Gasteiger partial charge in [0.15, 0.2) is 5.49 Å². The minimum absolute atomic E-state index is 0.348. The van der Waals surface area contributed by atoms with Gasteiger partial charge in [-0.15, -0.1) is 0 Å². The summed E-state index contributed by atoms with van der Waals surface area (Å²) in [7, 11) is 0. The Balaban J connectivity index is 2.53. The van der Waals surface area contributed by atoms with E-state index in [4.69, 9.17) is 5.41 Å². The van der Waals surface area contributed by atoms with Gasteiger partial charge in [0.25, 0.3) is 0 Å². The number of para-hydroxylation sites is 1. The molecule has 14 heavy (non-hydrogen) atoms. The Hall–Kier alpha value is -1.84. The monoisotopic (exact) mass is 186 g/mol. The number of hydrogen-bond donors (Lipinski definition) is 2. The Kier molecular flexibility index (Phi) is 1.39. The fourth-order valence-electron chi connectivity index (χ4n) is 1.89. The van der Waals surface area contributed by atoms with E-state index < -0.39 is 0 Å². The highest BCUT2D eigenvalue weighted by Gasteiger charge is 2.12. The second kappa shape index (κ2) is 2.57. The van der Waals surface area contributed by atoms with Crippen molar-refractivity contribution in [1.29, 1.82) is 5.41 Å². The van der Waals surface area contributed by atoms with Gasteiger partial charge >= 0.3 is 0 Å². The molecule has 0 radical (unpaired) electrons. The van der Waals surface area contributed by atoms with Crippen LogP contribution in [0.25, 0.3) is 10.9 Å². The Bertz CT molecular complexity index is 556. The first-order chi connectivity index (χ1) is 6.86. The molecule has 0 spiro atoms. The molecule has 1 aromatic heterocycles. The van der Waals surface area contributed by atoms with Crippen molar-refractivity contribution in [2.75, 3.05) is 11.9 Å². The number of nitrogens with zero attached hydrogens (tertiary/aromatic N) is 2. The molecule has 4 heteroatoms. The van der Waals surface area contributed by atoms with Crippen LogP contribution in [0.15, 0.2) is 24.3 Å². The Labute approximate surface area is 80.7 Å². The minimum Gasteiger partial charge on any atom is -0.354 e. The van der Waals surface area contributed by atoms with Crippen molar-refractivity contribution in [1.82, 2.24) is 9.55 Å². The van der Waals surface area contributed by atoms with Crippen molar-refractivity contribution in [3.63, 3.8) is 0 Å². The van der Waals surface area contributed by atoms with E-state index in [0.29, 0.717) is 5.49 Å². The van der Waals surface area contributed by atoms with Gasteiger partial charge in [0.2, 0.25) is 5.95 Å². The van der Waals surface area contributed by atoms with Gasteiger partial charge in [-0.05, 0) is 12.1 Å². The molecule has 0 fully saturated rings. The minimum atomic E-state index is 0.348. The Morgan fingerprint density at radius 1 is 1.36 bits per heavy atom. The maximum Gasteiger partial charge on any atom is 0.205 e. The molecule has 0 atom stereocenters. The molecule has 0 bridgehead atoms. The number of rotatable bonds is 0. The molecule has 70 valence electrons. The molecular formula is C10H10N4. The maximum absolute atomic E-state index is 7.77. The lowest BCUT2D eigenvalue weighted by atomic mass is 10.2. The van der Waals surface area contributed by atoms with Crippen LogP contribution in [-0.2, 0) is 6.54 Å². The van der Waals surface area contributed by atoms with E-state index in [2.05, 4.69) is 14.9 Å². The van der Waals surface area contributed by atoms with Crippen LogP contribution in [0.4, 0.5) is 5.95 Å². The van der Waals surface area contributed by atoms with Crippen molar-refractivity contribution in [3.05, 3.63) is 29.8 Å². The summed E-state index contributed by atoms with van der Waals surface area (Å²) in [6, 6.07) is 7.91. The summed E-state index contributed by atoms with van der Waals surface area (Å²) in [6.45, 7) is 1.84. The Morgan fingerprint density at radius 3 is 3.14 bits per heavy atom. The van der Waals surface area contributed by atoms with E-state index in [-0.39, 0.29) is 0 Å². The second-order valence-corrected chi connectivity index (χ2v) is 3.38. The zero-order valence-electron chi connectivity index (χ0n) is 7.62. The number of aromatic nitrogens is 2. The van der Waals surface area contributed by atoms with Gasteiger partial charge in [-0.1, -0.05) is 12.1 Å². The van der Waals surface area contributed by atoms with E-state index in [9.17, 15) is 0 Å². The zero-order chi connectivity index (χ0) is 9.54. The van der Waals surface area contributed by atoms with Gasteiger partial charge in [-0.3, -0.25) is 5.41 Å². The van der Waals surface area contributed by atoms with Crippen molar-refractivity contribution in [2.45, 2.75) is 6.54 Å². The van der Waals surface area contributed by atoms with Crippen molar-refractivity contribution >= 4 is 16.9 Å². The Morgan fingerprint density at radius 2 is 2.21 bits per heavy atom. The lowest BCUT2D eigenvalue weighted by molar-refractivity contribution is 0.820. The smallest absolute Gasteiger partial charge is 0.205 e. The van der Waals surface area contributed by atoms with Crippen LogP contribution in [0.5, 0.6) is 0 Å². The van der Waals surface area contributed by atoms with Gasteiger partial charge in [-0.2, -0.15) is 4.98 Å². The SMILES string of the molecule is N=c1nc2n(c3ccccc13)CCN2. The summed E-state index contributed by atoms with van der Waals surface area (Å²) >= 11 is 0. The predicted molar refractivity (Wildman–Crippen MR) is 54.1 cm³/mol. The molecule has 0 unspecified atom stereocenters. The lowest BCUT2D eigenvalue weighted by Gasteiger charge is -2.06. The van der Waals surface area contributed by atoms with E-state index in [1.165, 1.54) is 0 Å². The molecule has 2 aromatic rings. The summed E-state index contributed by atoms with van der Waals surface area (Å²) in [5, 5.41) is 11.8. The fourth-order valence-corrected chi connectivity index (χ4v) is 1.89. The van der Waals surface area contributed by atoms with Gasteiger partial charge in [-0.25, -0.2) is 0 Å². The summed E-state index contributed by atoms with van der Waals surface area (Å²) < 4.78 is 2.12. The van der Waals surface area contributed by atoms with Gasteiger partial charge in [0, 0.05) is 18.5 Å². The van der Waals surface area contributed by atoms with Crippen LogP contribution in [0.2, 0.25) is 0 Å². The quantitative estimate of drug-likeness (QED) is 0.643. The van der Waals surface area contributed by atoms with Crippen LogP contribution < -0.4 is 10.8 Å². The highest BCUT2D eigenvalue weighted by atomic mass is 15.2. The predicted octanol–water partition coefficient (Wildman–Crippen LogP) is 0.941. The zero-order valence-corrected chi connectivity index (χ0v) is 7.62. The van der Waals surface area contributed by atoms with Crippen LogP contribution >= 0.6 is 0 Å². The third-order valence-corrected chi connectivity index (χ3v) is 2.54. The fraction of sp³-hybridized carbons (Fsp3) is 0.200. The highest BCUT2D eigenvalue weighted by Crippen LogP contribution is 2.17. The highest BCUT2D eigenvalue weighted by molar-refractivity contribution is 5.79. The van der Waals surface area contributed by atoms with Crippen LogP contribution in [0, 0.1) is 5.41 Å². The first-order valence-corrected chi connectivity index (χ1v) is 4.64. The molecule has 4 nitrogen and oxygen atoms in total. The average molecular weight is 186 g/mol. The third-order valence-electron chi connectivity index (χ3n) is 2.54. The number of fused-ring (bicyclic) bond motifs is 3. The number of benzene rings is 1. The topological polar surface area (TPSA) is 53.7 Å². The molecule has 0 aliphatic carbocycles. The van der Waals surface area contributed by atoms with Gasteiger partial charge in [0.1, 0.15) is 0 Å². The third kappa shape index (κ3) is 0.878. The first-order valence-electron chi connectivity index (χ1n) is 4.64. The van der Waals surface area contributed by atoms with Crippen molar-refractivity contribution in [3.8, 4) is 0 Å². The molecule has 0 saturated carbocycles. The van der Waals surface area contributed by atoms with E-state index in [0.717, 1.165) is 29.9 Å². The summed E-state index contributed by atoms with van der Waals surface area (Å²) in [4.78, 5) is 4.20. The van der Waals surface area contributed by atoms with Gasteiger partial charge in [0.05, 0.1) is 5.52 Å². The van der Waals surface area contributed by atoms with Crippen LogP contribution in [0.3, 0.4) is 0 Å². The average Bonchev–Trinajstić information content (AvgIpc) is 2.66. The standard InChI is InChI=1S/C10H10N4/c11-9-7-3-1-2-4-8(7)14-6-5-12-10(14)13-9/h1-4H,5-6H2,(H2,11,12,13).